The van der Waals surface area contributed by atoms with E-state index in [0.717, 1.165) is 57.2 Å². The van der Waals surface area contributed by atoms with Crippen LogP contribution in [0.2, 0.25) is 0 Å². The van der Waals surface area contributed by atoms with Crippen LogP contribution in [-0.2, 0) is 0 Å². The number of ketones is 1. The van der Waals surface area contributed by atoms with Crippen molar-refractivity contribution >= 4 is 27.2 Å². The first-order valence-electron chi connectivity index (χ1n) is 14.6. The average molecular weight is 555 g/mol. The predicted molar refractivity (Wildman–Crippen MR) is 164 cm³/mol. The van der Waals surface area contributed by atoms with E-state index in [1.807, 2.05) is 48.5 Å². The number of nitrogens with zero attached hydrogens (tertiary/aromatic N) is 2. The average Bonchev–Trinajstić information content (AvgIpc) is 3.74. The SMILES string of the molecule is CC1CCCN1CCOc1ccc(C(=O)c2c(-c3ccc(OCCN4CCCC4)cc3)sc3ccccc23)cc1. The molecule has 2 fully saturated rings. The molecule has 0 radical (unpaired) electrons. The van der Waals surface area contributed by atoms with Crippen molar-refractivity contribution in [2.75, 3.05) is 45.9 Å². The minimum atomic E-state index is 0.0378. The van der Waals surface area contributed by atoms with Crippen LogP contribution in [-0.4, -0.2) is 67.6 Å². The summed E-state index contributed by atoms with van der Waals surface area (Å²) >= 11 is 1.67. The zero-order valence-electron chi connectivity index (χ0n) is 23.3. The number of benzene rings is 3. The fourth-order valence-electron chi connectivity index (χ4n) is 5.93. The molecule has 2 aliphatic heterocycles. The number of hydrogen-bond acceptors (Lipinski definition) is 6. The number of carbonyl (C=O) groups excluding carboxylic acids is 1. The third kappa shape index (κ3) is 6.09. The van der Waals surface area contributed by atoms with Gasteiger partial charge in [0, 0.05) is 45.2 Å². The largest absolute Gasteiger partial charge is 0.492 e. The highest BCUT2D eigenvalue weighted by atomic mass is 32.1. The van der Waals surface area contributed by atoms with Crippen molar-refractivity contribution in [3.05, 3.63) is 83.9 Å². The maximum Gasteiger partial charge on any atom is 0.195 e. The quantitative estimate of drug-likeness (QED) is 0.184. The van der Waals surface area contributed by atoms with E-state index in [1.54, 1.807) is 11.3 Å². The van der Waals surface area contributed by atoms with Crippen LogP contribution >= 0.6 is 11.3 Å². The van der Waals surface area contributed by atoms with E-state index in [4.69, 9.17) is 9.47 Å². The molecule has 0 amide bonds. The Balaban J connectivity index is 1.16. The van der Waals surface area contributed by atoms with E-state index >= 15 is 0 Å². The van der Waals surface area contributed by atoms with Crippen molar-refractivity contribution in [1.29, 1.82) is 0 Å². The zero-order chi connectivity index (χ0) is 27.3. The molecule has 3 heterocycles. The van der Waals surface area contributed by atoms with Crippen LogP contribution in [0.5, 0.6) is 11.5 Å². The van der Waals surface area contributed by atoms with Crippen molar-refractivity contribution in [1.82, 2.24) is 9.80 Å². The monoisotopic (exact) mass is 554 g/mol. The maximum atomic E-state index is 13.9. The van der Waals surface area contributed by atoms with Crippen molar-refractivity contribution in [3.8, 4) is 21.9 Å². The lowest BCUT2D eigenvalue weighted by molar-refractivity contribution is 0.104. The van der Waals surface area contributed by atoms with Gasteiger partial charge < -0.3 is 9.47 Å². The first-order chi connectivity index (χ1) is 19.7. The molecule has 0 spiro atoms. The molecule has 0 bridgehead atoms. The van der Waals surface area contributed by atoms with Crippen LogP contribution in [0.15, 0.2) is 72.8 Å². The van der Waals surface area contributed by atoms with Gasteiger partial charge in [-0.05, 0) is 112 Å². The van der Waals surface area contributed by atoms with Crippen LogP contribution in [0.25, 0.3) is 20.5 Å². The van der Waals surface area contributed by atoms with Crippen LogP contribution in [0.1, 0.15) is 48.5 Å². The van der Waals surface area contributed by atoms with Gasteiger partial charge >= 0.3 is 0 Å². The molecule has 4 aromatic rings. The Morgan fingerprint density at radius 3 is 2.20 bits per heavy atom. The Morgan fingerprint density at radius 2 is 1.50 bits per heavy atom. The van der Waals surface area contributed by atoms with Gasteiger partial charge in [0.25, 0.3) is 0 Å². The first kappa shape index (κ1) is 27.0. The number of likely N-dealkylation sites (tertiary alicyclic amines) is 2. The Labute approximate surface area is 241 Å². The second-order valence-electron chi connectivity index (χ2n) is 11.0. The molecule has 6 heteroatoms. The van der Waals surface area contributed by atoms with Gasteiger partial charge in [0.15, 0.2) is 5.78 Å². The second-order valence-corrected chi connectivity index (χ2v) is 12.0. The number of hydrogen-bond donors (Lipinski definition) is 0. The summed E-state index contributed by atoms with van der Waals surface area (Å²) in [6, 6.07) is 24.6. The first-order valence-corrected chi connectivity index (χ1v) is 15.5. The molecule has 208 valence electrons. The van der Waals surface area contributed by atoms with Gasteiger partial charge in [0.2, 0.25) is 0 Å². The van der Waals surface area contributed by atoms with E-state index in [2.05, 4.69) is 41.0 Å². The summed E-state index contributed by atoms with van der Waals surface area (Å²) in [5.74, 6) is 1.71. The lowest BCUT2D eigenvalue weighted by atomic mass is 9.97. The van der Waals surface area contributed by atoms with Crippen LogP contribution in [0, 0.1) is 0 Å². The van der Waals surface area contributed by atoms with Crippen molar-refractivity contribution in [3.63, 3.8) is 0 Å². The lowest BCUT2D eigenvalue weighted by Crippen LogP contribution is -2.31. The molecule has 0 aliphatic carbocycles. The molecule has 6 rings (SSSR count). The number of ether oxygens (including phenoxy) is 2. The summed E-state index contributed by atoms with van der Waals surface area (Å²) in [5, 5.41) is 0.999. The number of thiophene rings is 1. The van der Waals surface area contributed by atoms with E-state index in [-0.39, 0.29) is 5.78 Å². The normalized spacial score (nSPS) is 18.0. The zero-order valence-corrected chi connectivity index (χ0v) is 24.1. The molecule has 5 nitrogen and oxygen atoms in total. The molecular weight excluding hydrogens is 516 g/mol. The highest BCUT2D eigenvalue weighted by Crippen LogP contribution is 2.40. The maximum absolute atomic E-state index is 13.9. The van der Waals surface area contributed by atoms with Crippen molar-refractivity contribution in [2.45, 2.75) is 38.6 Å². The van der Waals surface area contributed by atoms with Crippen molar-refractivity contribution in [2.24, 2.45) is 0 Å². The van der Waals surface area contributed by atoms with Gasteiger partial charge in [-0.2, -0.15) is 0 Å². The van der Waals surface area contributed by atoms with E-state index in [0.29, 0.717) is 24.8 Å². The molecular formula is C34H38N2O3S. The van der Waals surface area contributed by atoms with E-state index in [9.17, 15) is 4.79 Å². The van der Waals surface area contributed by atoms with Gasteiger partial charge in [-0.3, -0.25) is 14.6 Å². The van der Waals surface area contributed by atoms with Crippen LogP contribution < -0.4 is 9.47 Å². The third-order valence-corrected chi connectivity index (χ3v) is 9.49. The Bertz CT molecular complexity index is 1420. The third-order valence-electron chi connectivity index (χ3n) is 8.27. The van der Waals surface area contributed by atoms with Gasteiger partial charge in [-0.15, -0.1) is 11.3 Å². The topological polar surface area (TPSA) is 42.0 Å². The lowest BCUT2D eigenvalue weighted by Gasteiger charge is -2.20. The Kier molecular flexibility index (Phi) is 8.47. The highest BCUT2D eigenvalue weighted by Gasteiger charge is 2.22. The highest BCUT2D eigenvalue weighted by molar-refractivity contribution is 7.22. The van der Waals surface area contributed by atoms with Crippen LogP contribution in [0.4, 0.5) is 0 Å². The van der Waals surface area contributed by atoms with E-state index < -0.39 is 0 Å². The molecule has 2 saturated heterocycles. The molecule has 1 atom stereocenters. The van der Waals surface area contributed by atoms with Gasteiger partial charge in [-0.1, -0.05) is 18.2 Å². The molecule has 1 aromatic heterocycles. The minimum absolute atomic E-state index is 0.0378. The molecule has 40 heavy (non-hydrogen) atoms. The Morgan fingerprint density at radius 1 is 0.825 bits per heavy atom. The summed E-state index contributed by atoms with van der Waals surface area (Å²) in [4.78, 5) is 19.8. The fourth-order valence-corrected chi connectivity index (χ4v) is 7.13. The van der Waals surface area contributed by atoms with Crippen molar-refractivity contribution < 1.29 is 14.3 Å². The number of rotatable bonds is 11. The van der Waals surface area contributed by atoms with Crippen LogP contribution in [0.3, 0.4) is 0 Å². The smallest absolute Gasteiger partial charge is 0.195 e. The molecule has 0 N–H and O–H groups in total. The summed E-state index contributed by atoms with van der Waals surface area (Å²) in [6.45, 7) is 9.07. The van der Waals surface area contributed by atoms with Gasteiger partial charge in [0.1, 0.15) is 24.7 Å². The number of fused-ring (bicyclic) bond motifs is 1. The predicted octanol–water partition coefficient (Wildman–Crippen LogP) is 7.14. The summed E-state index contributed by atoms with van der Waals surface area (Å²) in [6.07, 6.45) is 5.13. The molecule has 1 unspecified atom stereocenters. The van der Waals surface area contributed by atoms with Gasteiger partial charge in [-0.25, -0.2) is 0 Å². The molecule has 3 aromatic carbocycles. The summed E-state index contributed by atoms with van der Waals surface area (Å²) in [7, 11) is 0. The summed E-state index contributed by atoms with van der Waals surface area (Å²) < 4.78 is 13.1. The fraction of sp³-hybridized carbons (Fsp3) is 0.382. The Hall–Kier alpha value is -3.19. The molecule has 0 saturated carbocycles. The second kappa shape index (κ2) is 12.5. The standard InChI is InChI=1S/C34H38N2O3S/c1-25-7-6-20-36(25)22-24-39-28-14-10-26(11-15-28)33(37)32-30-8-2-3-9-31(30)40-34(32)27-12-16-29(17-13-27)38-23-21-35-18-4-5-19-35/h2-3,8-17,25H,4-7,18-24H2,1H3. The van der Waals surface area contributed by atoms with Gasteiger partial charge in [0.05, 0.1) is 0 Å². The molecule has 2 aliphatic rings. The van der Waals surface area contributed by atoms with E-state index in [1.165, 1.54) is 38.8 Å². The minimum Gasteiger partial charge on any atom is -0.492 e. The summed E-state index contributed by atoms with van der Waals surface area (Å²) in [5.41, 5.74) is 2.47. The number of carbonyl (C=O) groups is 1.